The topological polar surface area (TPSA) is 38.9 Å². The minimum Gasteiger partial charge on any atom is -0.324 e. The molecule has 1 aromatic carbocycles. The predicted octanol–water partition coefficient (Wildman–Crippen LogP) is 4.06. The van der Waals surface area contributed by atoms with Gasteiger partial charge in [0.1, 0.15) is 0 Å². The summed E-state index contributed by atoms with van der Waals surface area (Å²) in [5, 5.41) is 1.17. The third-order valence-electron chi connectivity index (χ3n) is 3.26. The Balaban J connectivity index is 2.15. The molecule has 0 spiro atoms. The largest absolute Gasteiger partial charge is 0.324 e. The van der Waals surface area contributed by atoms with E-state index in [9.17, 15) is 0 Å². The SMILES string of the molecule is CC(C)(C)CCC(N)c1ccc2ncccc2c1. The van der Waals surface area contributed by atoms with E-state index in [2.05, 4.69) is 50.0 Å². The number of rotatable bonds is 3. The number of pyridine rings is 1. The lowest BCUT2D eigenvalue weighted by molar-refractivity contribution is 0.350. The zero-order valence-corrected chi connectivity index (χ0v) is 11.5. The molecular weight excluding hydrogens is 220 g/mol. The summed E-state index contributed by atoms with van der Waals surface area (Å²) in [5.74, 6) is 0. The van der Waals surface area contributed by atoms with Crippen LogP contribution >= 0.6 is 0 Å². The van der Waals surface area contributed by atoms with Crippen LogP contribution < -0.4 is 5.73 Å². The van der Waals surface area contributed by atoms with Gasteiger partial charge in [-0.1, -0.05) is 32.9 Å². The van der Waals surface area contributed by atoms with E-state index in [0.29, 0.717) is 5.41 Å². The second kappa shape index (κ2) is 5.07. The van der Waals surface area contributed by atoms with Gasteiger partial charge in [-0.15, -0.1) is 0 Å². The van der Waals surface area contributed by atoms with Crippen molar-refractivity contribution in [2.75, 3.05) is 0 Å². The molecule has 18 heavy (non-hydrogen) atoms. The average molecular weight is 242 g/mol. The minimum atomic E-state index is 0.119. The third-order valence-corrected chi connectivity index (χ3v) is 3.26. The van der Waals surface area contributed by atoms with E-state index in [0.717, 1.165) is 18.4 Å². The summed E-state index contributed by atoms with van der Waals surface area (Å²) in [7, 11) is 0. The van der Waals surface area contributed by atoms with Crippen LogP contribution in [0.3, 0.4) is 0 Å². The molecule has 0 saturated carbocycles. The van der Waals surface area contributed by atoms with Crippen molar-refractivity contribution in [3.63, 3.8) is 0 Å². The summed E-state index contributed by atoms with van der Waals surface area (Å²) < 4.78 is 0. The van der Waals surface area contributed by atoms with Crippen LogP contribution in [0.5, 0.6) is 0 Å². The highest BCUT2D eigenvalue weighted by molar-refractivity contribution is 5.79. The lowest BCUT2D eigenvalue weighted by Gasteiger charge is -2.21. The van der Waals surface area contributed by atoms with E-state index in [1.165, 1.54) is 10.9 Å². The van der Waals surface area contributed by atoms with Gasteiger partial charge in [-0.05, 0) is 42.0 Å². The van der Waals surface area contributed by atoms with Crippen molar-refractivity contribution in [3.05, 3.63) is 42.1 Å². The summed E-state index contributed by atoms with van der Waals surface area (Å²) in [5.41, 5.74) is 8.86. The van der Waals surface area contributed by atoms with Crippen molar-refractivity contribution >= 4 is 10.9 Å². The van der Waals surface area contributed by atoms with Crippen LogP contribution in [0.15, 0.2) is 36.5 Å². The first kappa shape index (κ1) is 13.0. The van der Waals surface area contributed by atoms with Crippen molar-refractivity contribution in [3.8, 4) is 0 Å². The Morgan fingerprint density at radius 1 is 1.22 bits per heavy atom. The molecule has 2 nitrogen and oxygen atoms in total. The first-order valence-corrected chi connectivity index (χ1v) is 6.56. The molecule has 0 amide bonds. The van der Waals surface area contributed by atoms with Gasteiger partial charge in [0.15, 0.2) is 0 Å². The second-order valence-corrected chi connectivity index (χ2v) is 6.16. The maximum absolute atomic E-state index is 6.27. The fraction of sp³-hybridized carbons (Fsp3) is 0.438. The fourth-order valence-electron chi connectivity index (χ4n) is 2.08. The van der Waals surface area contributed by atoms with E-state index >= 15 is 0 Å². The first-order chi connectivity index (χ1) is 8.46. The molecule has 1 aromatic heterocycles. The molecule has 0 aliphatic heterocycles. The van der Waals surface area contributed by atoms with Gasteiger partial charge < -0.3 is 5.73 Å². The standard InChI is InChI=1S/C16H22N2/c1-16(2,3)9-8-14(17)12-6-7-15-13(11-12)5-4-10-18-15/h4-7,10-11,14H,8-9,17H2,1-3H3. The molecule has 2 rings (SSSR count). The summed E-state index contributed by atoms with van der Waals surface area (Å²) in [6, 6.07) is 10.5. The molecular formula is C16H22N2. The zero-order chi connectivity index (χ0) is 13.2. The number of aromatic nitrogens is 1. The molecule has 0 fully saturated rings. The molecule has 96 valence electrons. The fourth-order valence-corrected chi connectivity index (χ4v) is 2.08. The van der Waals surface area contributed by atoms with Gasteiger partial charge in [0.05, 0.1) is 5.52 Å². The van der Waals surface area contributed by atoms with Gasteiger partial charge in [-0.25, -0.2) is 0 Å². The summed E-state index contributed by atoms with van der Waals surface area (Å²) >= 11 is 0. The normalized spacial score (nSPS) is 13.8. The monoisotopic (exact) mass is 242 g/mol. The highest BCUT2D eigenvalue weighted by Gasteiger charge is 2.14. The van der Waals surface area contributed by atoms with Gasteiger partial charge in [0.25, 0.3) is 0 Å². The molecule has 0 aliphatic rings. The summed E-state index contributed by atoms with van der Waals surface area (Å²) in [6.07, 6.45) is 3.98. The van der Waals surface area contributed by atoms with E-state index in [1.54, 1.807) is 0 Å². The van der Waals surface area contributed by atoms with Gasteiger partial charge in [0, 0.05) is 17.6 Å². The summed E-state index contributed by atoms with van der Waals surface area (Å²) in [6.45, 7) is 6.76. The van der Waals surface area contributed by atoms with Crippen molar-refractivity contribution in [2.45, 2.75) is 39.7 Å². The van der Waals surface area contributed by atoms with E-state index < -0.39 is 0 Å². The molecule has 0 bridgehead atoms. The predicted molar refractivity (Wildman–Crippen MR) is 77.4 cm³/mol. The van der Waals surface area contributed by atoms with Crippen LogP contribution in [0.25, 0.3) is 10.9 Å². The van der Waals surface area contributed by atoms with Gasteiger partial charge >= 0.3 is 0 Å². The van der Waals surface area contributed by atoms with Gasteiger partial charge in [-0.2, -0.15) is 0 Å². The highest BCUT2D eigenvalue weighted by Crippen LogP contribution is 2.27. The number of benzene rings is 1. The van der Waals surface area contributed by atoms with Crippen LogP contribution in [0.2, 0.25) is 0 Å². The molecule has 1 unspecified atom stereocenters. The van der Waals surface area contributed by atoms with E-state index in [-0.39, 0.29) is 6.04 Å². The molecule has 0 aliphatic carbocycles. The average Bonchev–Trinajstić information content (AvgIpc) is 2.34. The number of hydrogen-bond acceptors (Lipinski definition) is 2. The maximum atomic E-state index is 6.27. The number of nitrogens with two attached hydrogens (primary N) is 1. The van der Waals surface area contributed by atoms with Gasteiger partial charge in [-0.3, -0.25) is 4.98 Å². The van der Waals surface area contributed by atoms with Crippen LogP contribution in [0.1, 0.15) is 45.2 Å². The second-order valence-electron chi connectivity index (χ2n) is 6.16. The van der Waals surface area contributed by atoms with Crippen LogP contribution in [-0.4, -0.2) is 4.98 Å². The van der Waals surface area contributed by atoms with Crippen molar-refractivity contribution < 1.29 is 0 Å². The van der Waals surface area contributed by atoms with Crippen LogP contribution in [-0.2, 0) is 0 Å². The number of nitrogens with zero attached hydrogens (tertiary/aromatic N) is 1. The quantitative estimate of drug-likeness (QED) is 0.881. The van der Waals surface area contributed by atoms with Crippen LogP contribution in [0, 0.1) is 5.41 Å². The maximum Gasteiger partial charge on any atom is 0.0702 e. The molecule has 2 aromatic rings. The van der Waals surface area contributed by atoms with Crippen molar-refractivity contribution in [1.29, 1.82) is 0 Å². The minimum absolute atomic E-state index is 0.119. The van der Waals surface area contributed by atoms with Crippen molar-refractivity contribution in [2.24, 2.45) is 11.1 Å². The highest BCUT2D eigenvalue weighted by atomic mass is 14.7. The Bertz CT molecular complexity index is 526. The Labute approximate surface area is 109 Å². The molecule has 0 radical (unpaired) electrons. The molecule has 2 N–H and O–H groups in total. The number of hydrogen-bond donors (Lipinski definition) is 1. The lowest BCUT2D eigenvalue weighted by atomic mass is 9.87. The zero-order valence-electron chi connectivity index (χ0n) is 11.5. The molecule has 1 heterocycles. The number of fused-ring (bicyclic) bond motifs is 1. The smallest absolute Gasteiger partial charge is 0.0702 e. The molecule has 1 atom stereocenters. The van der Waals surface area contributed by atoms with E-state index in [1.807, 2.05) is 12.3 Å². The van der Waals surface area contributed by atoms with E-state index in [4.69, 9.17) is 5.73 Å². The third kappa shape index (κ3) is 3.30. The Hall–Kier alpha value is -1.41. The Kier molecular flexibility index (Phi) is 3.67. The molecule has 2 heteroatoms. The Morgan fingerprint density at radius 2 is 2.00 bits per heavy atom. The van der Waals surface area contributed by atoms with Crippen LogP contribution in [0.4, 0.5) is 0 Å². The lowest BCUT2D eigenvalue weighted by Crippen LogP contribution is -2.14. The Morgan fingerprint density at radius 3 is 2.72 bits per heavy atom. The van der Waals surface area contributed by atoms with Gasteiger partial charge in [0.2, 0.25) is 0 Å². The molecule has 0 saturated heterocycles. The summed E-state index contributed by atoms with van der Waals surface area (Å²) in [4.78, 5) is 4.33. The first-order valence-electron chi connectivity index (χ1n) is 6.56. The van der Waals surface area contributed by atoms with Crippen molar-refractivity contribution in [1.82, 2.24) is 4.98 Å².